The molecule has 4 fully saturated rings. The third-order valence-electron chi connectivity index (χ3n) is 12.0. The smallest absolute Gasteiger partial charge is 0.311 e. The molecule has 11 unspecified atom stereocenters. The van der Waals surface area contributed by atoms with Gasteiger partial charge in [0.1, 0.15) is 18.3 Å². The second-order valence-electron chi connectivity index (χ2n) is 13.8. The summed E-state index contributed by atoms with van der Waals surface area (Å²) in [4.78, 5) is 29.8. The Balaban J connectivity index is 1.20. The van der Waals surface area contributed by atoms with Gasteiger partial charge in [0.05, 0.1) is 37.3 Å². The number of esters is 2. The van der Waals surface area contributed by atoms with E-state index in [1.54, 1.807) is 34.0 Å². The first-order valence-corrected chi connectivity index (χ1v) is 16.5. The van der Waals surface area contributed by atoms with Crippen molar-refractivity contribution in [2.45, 2.75) is 100 Å². The molecular weight excluding hydrogens is 568 g/mol. The Morgan fingerprint density at radius 1 is 0.773 bits per heavy atom. The van der Waals surface area contributed by atoms with Crippen LogP contribution in [0.3, 0.4) is 0 Å². The van der Waals surface area contributed by atoms with Crippen molar-refractivity contribution >= 4 is 11.9 Å². The lowest BCUT2D eigenvalue weighted by Gasteiger charge is -2.53. The lowest BCUT2D eigenvalue weighted by molar-refractivity contribution is -0.196. The minimum atomic E-state index is -0.579. The summed E-state index contributed by atoms with van der Waals surface area (Å²) in [6.45, 7) is 1.88. The summed E-state index contributed by atoms with van der Waals surface area (Å²) < 4.78 is 40.4. The molecule has 0 amide bonds. The van der Waals surface area contributed by atoms with E-state index in [-0.39, 0.29) is 48.1 Å². The van der Waals surface area contributed by atoms with Crippen LogP contribution < -0.4 is 5.32 Å². The molecule has 0 aromatic rings. The molecule has 0 spiro atoms. The Morgan fingerprint density at radius 3 is 2.14 bits per heavy atom. The molecule has 0 aromatic carbocycles. The summed E-state index contributed by atoms with van der Waals surface area (Å²) in [7, 11) is 9.76. The molecule has 44 heavy (non-hydrogen) atoms. The van der Waals surface area contributed by atoms with E-state index in [4.69, 9.17) is 33.2 Å². The van der Waals surface area contributed by atoms with Crippen LogP contribution in [0, 0.1) is 29.6 Å². The molecule has 3 aliphatic carbocycles. The van der Waals surface area contributed by atoms with Crippen molar-refractivity contribution in [3.8, 4) is 0 Å². The lowest BCUT2D eigenvalue weighted by atomic mass is 9.63. The first-order chi connectivity index (χ1) is 21.3. The summed E-state index contributed by atoms with van der Waals surface area (Å²) >= 11 is 0. The number of hydrogen-bond acceptors (Lipinski definition) is 11. The van der Waals surface area contributed by atoms with Gasteiger partial charge in [0, 0.05) is 72.3 Å². The van der Waals surface area contributed by atoms with Crippen LogP contribution in [-0.2, 0) is 42.7 Å². The first kappa shape index (κ1) is 32.2. The van der Waals surface area contributed by atoms with Gasteiger partial charge in [-0.3, -0.25) is 14.5 Å². The second-order valence-corrected chi connectivity index (χ2v) is 13.8. The molecule has 3 aliphatic heterocycles. The number of ether oxygens (including phenoxy) is 7. The van der Waals surface area contributed by atoms with Crippen LogP contribution in [0.2, 0.25) is 0 Å². The molecule has 0 radical (unpaired) electrons. The molecular formula is C33H52N2O9. The van der Waals surface area contributed by atoms with Gasteiger partial charge in [0.15, 0.2) is 0 Å². The fraction of sp³-hybridized carbons (Fsp3) is 0.879. The van der Waals surface area contributed by atoms with Gasteiger partial charge >= 0.3 is 11.9 Å². The van der Waals surface area contributed by atoms with Crippen molar-refractivity contribution < 1.29 is 42.7 Å². The van der Waals surface area contributed by atoms with E-state index in [9.17, 15) is 9.59 Å². The van der Waals surface area contributed by atoms with Gasteiger partial charge in [-0.25, -0.2) is 0 Å². The fourth-order valence-corrected chi connectivity index (χ4v) is 9.84. The Kier molecular flexibility index (Phi) is 9.90. The van der Waals surface area contributed by atoms with Crippen LogP contribution in [0.15, 0.2) is 11.3 Å². The Hall–Kier alpha value is -1.76. The van der Waals surface area contributed by atoms with Crippen LogP contribution in [0.4, 0.5) is 0 Å². The number of hydrogen-bond donors (Lipinski definition) is 1. The van der Waals surface area contributed by atoms with Gasteiger partial charge in [0.25, 0.3) is 0 Å². The summed E-state index contributed by atoms with van der Waals surface area (Å²) in [6.07, 6.45) is 5.25. The van der Waals surface area contributed by atoms with Crippen molar-refractivity contribution in [3.05, 3.63) is 11.3 Å². The number of rotatable bonds is 8. The number of carbonyl (C=O) groups excluding carboxylic acids is 2. The number of piperidine rings is 1. The third kappa shape index (κ3) is 5.70. The summed E-state index contributed by atoms with van der Waals surface area (Å²) in [5, 5.41) is 3.94. The molecule has 1 saturated heterocycles. The molecule has 1 N–H and O–H groups in total. The monoisotopic (exact) mass is 620 g/mol. The van der Waals surface area contributed by atoms with Gasteiger partial charge in [-0.1, -0.05) is 0 Å². The predicted molar refractivity (Wildman–Crippen MR) is 160 cm³/mol. The highest BCUT2D eigenvalue weighted by Crippen LogP contribution is 2.50. The van der Waals surface area contributed by atoms with E-state index >= 15 is 0 Å². The van der Waals surface area contributed by atoms with Crippen LogP contribution in [0.5, 0.6) is 0 Å². The van der Waals surface area contributed by atoms with E-state index in [2.05, 4.69) is 10.2 Å². The molecule has 3 heterocycles. The first-order valence-electron chi connectivity index (χ1n) is 16.5. The molecule has 6 aliphatic rings. The maximum absolute atomic E-state index is 13.7. The normalized spacial score (nSPS) is 43.6. The summed E-state index contributed by atoms with van der Waals surface area (Å²) in [6, 6.07) is 0.687. The minimum Gasteiger partial charge on any atom is -0.469 e. The number of nitrogens with one attached hydrogen (secondary N) is 1. The van der Waals surface area contributed by atoms with Gasteiger partial charge in [-0.2, -0.15) is 0 Å². The fourth-order valence-electron chi connectivity index (χ4n) is 9.84. The maximum atomic E-state index is 13.7. The number of methoxy groups -OCH3 is 6. The van der Waals surface area contributed by atoms with E-state index in [0.29, 0.717) is 37.3 Å². The van der Waals surface area contributed by atoms with E-state index < -0.39 is 24.0 Å². The van der Waals surface area contributed by atoms with E-state index in [0.717, 1.165) is 38.8 Å². The molecule has 0 aromatic heterocycles. The number of nitrogens with zero attached hydrogens (tertiary/aromatic N) is 1. The molecule has 0 bridgehead atoms. The van der Waals surface area contributed by atoms with Crippen LogP contribution in [0.25, 0.3) is 0 Å². The maximum Gasteiger partial charge on any atom is 0.311 e. The number of carbonyl (C=O) groups is 2. The van der Waals surface area contributed by atoms with Crippen molar-refractivity contribution in [2.24, 2.45) is 29.6 Å². The zero-order valence-electron chi connectivity index (χ0n) is 27.2. The van der Waals surface area contributed by atoms with Crippen LogP contribution >= 0.6 is 0 Å². The van der Waals surface area contributed by atoms with Gasteiger partial charge in [-0.05, 0) is 68.8 Å². The molecule has 11 nitrogen and oxygen atoms in total. The highest BCUT2D eigenvalue weighted by atomic mass is 16.6. The Morgan fingerprint density at radius 2 is 1.50 bits per heavy atom. The molecule has 11 atom stereocenters. The zero-order chi connectivity index (χ0) is 31.1. The van der Waals surface area contributed by atoms with Gasteiger partial charge in [0.2, 0.25) is 0 Å². The quantitative estimate of drug-likeness (QED) is 0.404. The van der Waals surface area contributed by atoms with Gasteiger partial charge in [-0.15, -0.1) is 0 Å². The van der Waals surface area contributed by atoms with Crippen molar-refractivity contribution in [1.29, 1.82) is 0 Å². The van der Waals surface area contributed by atoms with Crippen molar-refractivity contribution in [2.75, 3.05) is 55.7 Å². The van der Waals surface area contributed by atoms with Crippen LogP contribution in [0.1, 0.15) is 51.4 Å². The second kappa shape index (κ2) is 13.5. The largest absolute Gasteiger partial charge is 0.469 e. The Bertz CT molecular complexity index is 1070. The number of fused-ring (bicyclic) bond motifs is 5. The highest BCUT2D eigenvalue weighted by Gasteiger charge is 2.56. The van der Waals surface area contributed by atoms with E-state index in [1.165, 1.54) is 19.2 Å². The SMILES string of the molecule is COC(=O)C1C2CC3C4=C(CCN3CC2CC(OC(=O)C2CC(OC)C(OC)C(OC)C2)C1OC)C1CCC(OC)CC1N4. The zero-order valence-corrected chi connectivity index (χ0v) is 27.2. The van der Waals surface area contributed by atoms with Crippen LogP contribution in [-0.4, -0.2) is 121 Å². The summed E-state index contributed by atoms with van der Waals surface area (Å²) in [5.41, 5.74) is 2.98. The van der Waals surface area contributed by atoms with Crippen molar-refractivity contribution in [1.82, 2.24) is 10.2 Å². The average molecular weight is 621 g/mol. The lowest BCUT2D eigenvalue weighted by Crippen LogP contribution is -2.61. The summed E-state index contributed by atoms with van der Waals surface area (Å²) in [5.74, 6) is -0.665. The topological polar surface area (TPSA) is 114 Å². The predicted octanol–water partition coefficient (Wildman–Crippen LogP) is 2.31. The Labute approximate surface area is 261 Å². The average Bonchev–Trinajstić information content (AvgIpc) is 3.43. The molecule has 3 saturated carbocycles. The minimum absolute atomic E-state index is 0.0690. The third-order valence-corrected chi connectivity index (χ3v) is 12.0. The van der Waals surface area contributed by atoms with E-state index in [1.807, 2.05) is 7.11 Å². The molecule has 11 heteroatoms. The standard InChI is InChI=1S/C33H52N2O9/c1-38-19-7-8-20-21-9-10-35-16-18-13-27(44-32(36)17-11-25(39-2)30(41-4)26(12-17)40-3)31(42-5)28(33(37)43-6)22(18)15-24(35)29(21)34-23(20)14-19/h17-20,22-28,30-31,34H,7-16H2,1-6H3. The molecule has 248 valence electrons. The van der Waals surface area contributed by atoms with Crippen molar-refractivity contribution in [3.63, 3.8) is 0 Å². The molecule has 6 rings (SSSR count). The highest BCUT2D eigenvalue weighted by molar-refractivity contribution is 5.75. The van der Waals surface area contributed by atoms with Gasteiger partial charge < -0.3 is 38.5 Å².